The second kappa shape index (κ2) is 7.89. The molecule has 0 aromatic heterocycles. The maximum Gasteiger partial charge on any atom is 0.319 e. The Bertz CT molecular complexity index is 480. The summed E-state index contributed by atoms with van der Waals surface area (Å²) in [4.78, 5) is 23.1. The molecule has 0 aliphatic heterocycles. The minimum absolute atomic E-state index is 0.0273. The summed E-state index contributed by atoms with van der Waals surface area (Å²) in [6, 6.07) is 3.47. The van der Waals surface area contributed by atoms with Gasteiger partial charge in [0.1, 0.15) is 0 Å². The first-order valence-corrected chi connectivity index (χ1v) is 7.31. The zero-order valence-corrected chi connectivity index (χ0v) is 13.6. The predicted octanol–water partition coefficient (Wildman–Crippen LogP) is 2.71. The molecule has 3 amide bonds. The fourth-order valence-corrected chi connectivity index (χ4v) is 2.44. The third-order valence-corrected chi connectivity index (χ3v) is 3.18. The molecule has 0 radical (unpaired) electrons. The van der Waals surface area contributed by atoms with Gasteiger partial charge in [-0.15, -0.1) is 0 Å². The second-order valence-corrected chi connectivity index (χ2v) is 5.49. The third kappa shape index (κ3) is 5.21. The Labute approximate surface area is 127 Å². The summed E-state index contributed by atoms with van der Waals surface area (Å²) in [7, 11) is 0. The topological polar surface area (TPSA) is 70.2 Å². The molecule has 0 unspecified atom stereocenters. The first kappa shape index (κ1) is 16.5. The number of carbonyl (C=O) groups excluding carboxylic acids is 2. The number of amides is 3. The summed E-state index contributed by atoms with van der Waals surface area (Å²) in [5, 5.41) is 8.00. The van der Waals surface area contributed by atoms with Crippen molar-refractivity contribution in [3.05, 3.63) is 27.7 Å². The van der Waals surface area contributed by atoms with E-state index >= 15 is 0 Å². The van der Waals surface area contributed by atoms with Crippen molar-refractivity contribution < 1.29 is 9.59 Å². The summed E-state index contributed by atoms with van der Waals surface area (Å²) in [5.41, 5.74) is 2.68. The standard InChI is InChI=1S/C14H20BrN3O2/c1-4-5-16-12(19)8-17-14(20)18-13-9(2)6-11(15)7-10(13)3/h6-7H,4-5,8H2,1-3H3,(H,16,19)(H2,17,18,20). The van der Waals surface area contributed by atoms with Crippen LogP contribution in [-0.2, 0) is 4.79 Å². The van der Waals surface area contributed by atoms with Crippen molar-refractivity contribution >= 4 is 33.6 Å². The fraction of sp³-hybridized carbons (Fsp3) is 0.429. The van der Waals surface area contributed by atoms with Gasteiger partial charge in [-0.05, 0) is 43.5 Å². The highest BCUT2D eigenvalue weighted by atomic mass is 79.9. The predicted molar refractivity (Wildman–Crippen MR) is 83.9 cm³/mol. The molecule has 0 heterocycles. The van der Waals surface area contributed by atoms with Gasteiger partial charge < -0.3 is 16.0 Å². The van der Waals surface area contributed by atoms with Crippen molar-refractivity contribution in [3.63, 3.8) is 0 Å². The van der Waals surface area contributed by atoms with Crippen molar-refractivity contribution in [1.29, 1.82) is 0 Å². The van der Waals surface area contributed by atoms with Gasteiger partial charge in [-0.2, -0.15) is 0 Å². The van der Waals surface area contributed by atoms with Crippen molar-refractivity contribution in [2.24, 2.45) is 0 Å². The average molecular weight is 342 g/mol. The molecule has 0 aliphatic rings. The SMILES string of the molecule is CCCNC(=O)CNC(=O)Nc1c(C)cc(Br)cc1C. The Hall–Kier alpha value is -1.56. The number of halogens is 1. The molecule has 0 atom stereocenters. The number of hydrogen-bond donors (Lipinski definition) is 3. The molecular weight excluding hydrogens is 322 g/mol. The van der Waals surface area contributed by atoms with Crippen molar-refractivity contribution in [2.45, 2.75) is 27.2 Å². The Balaban J connectivity index is 2.53. The fourth-order valence-electron chi connectivity index (χ4n) is 1.75. The summed E-state index contributed by atoms with van der Waals surface area (Å²) >= 11 is 3.41. The highest BCUT2D eigenvalue weighted by Crippen LogP contribution is 2.24. The van der Waals surface area contributed by atoms with E-state index in [1.807, 2.05) is 32.9 Å². The maximum absolute atomic E-state index is 11.8. The Kier molecular flexibility index (Phi) is 6.51. The normalized spacial score (nSPS) is 10.0. The molecule has 6 heteroatoms. The van der Waals surface area contributed by atoms with E-state index in [-0.39, 0.29) is 18.5 Å². The van der Waals surface area contributed by atoms with Crippen LogP contribution in [0.4, 0.5) is 10.5 Å². The smallest absolute Gasteiger partial charge is 0.319 e. The molecule has 1 rings (SSSR count). The van der Waals surface area contributed by atoms with E-state index in [0.29, 0.717) is 6.54 Å². The summed E-state index contributed by atoms with van der Waals surface area (Å²) in [6.07, 6.45) is 0.870. The molecule has 0 spiro atoms. The lowest BCUT2D eigenvalue weighted by Crippen LogP contribution is -2.39. The molecule has 0 saturated carbocycles. The van der Waals surface area contributed by atoms with E-state index in [1.165, 1.54) is 0 Å². The lowest BCUT2D eigenvalue weighted by Gasteiger charge is -2.13. The minimum atomic E-state index is -0.384. The first-order chi connectivity index (χ1) is 9.43. The van der Waals surface area contributed by atoms with Crippen LogP contribution in [0.2, 0.25) is 0 Å². The van der Waals surface area contributed by atoms with Gasteiger partial charge >= 0.3 is 6.03 Å². The Morgan fingerprint density at radius 3 is 2.30 bits per heavy atom. The van der Waals surface area contributed by atoms with Crippen LogP contribution in [0.1, 0.15) is 24.5 Å². The molecule has 0 bridgehead atoms. The van der Waals surface area contributed by atoms with Crippen LogP contribution in [-0.4, -0.2) is 25.0 Å². The number of rotatable bonds is 5. The van der Waals surface area contributed by atoms with Crippen LogP contribution in [0.15, 0.2) is 16.6 Å². The molecular formula is C14H20BrN3O2. The van der Waals surface area contributed by atoms with E-state index < -0.39 is 0 Å². The number of carbonyl (C=O) groups is 2. The van der Waals surface area contributed by atoms with Gasteiger partial charge in [-0.1, -0.05) is 22.9 Å². The van der Waals surface area contributed by atoms with E-state index in [4.69, 9.17) is 0 Å². The molecule has 110 valence electrons. The highest BCUT2D eigenvalue weighted by Gasteiger charge is 2.09. The van der Waals surface area contributed by atoms with Gasteiger partial charge in [0.05, 0.1) is 6.54 Å². The van der Waals surface area contributed by atoms with Crippen LogP contribution in [0.5, 0.6) is 0 Å². The molecule has 20 heavy (non-hydrogen) atoms. The van der Waals surface area contributed by atoms with Gasteiger partial charge in [0.15, 0.2) is 0 Å². The van der Waals surface area contributed by atoms with Crippen LogP contribution in [0, 0.1) is 13.8 Å². The zero-order chi connectivity index (χ0) is 15.1. The van der Waals surface area contributed by atoms with Crippen molar-refractivity contribution in [1.82, 2.24) is 10.6 Å². The molecule has 0 aliphatic carbocycles. The molecule has 1 aromatic rings. The van der Waals surface area contributed by atoms with Crippen molar-refractivity contribution in [2.75, 3.05) is 18.4 Å². The van der Waals surface area contributed by atoms with Crippen LogP contribution < -0.4 is 16.0 Å². The number of urea groups is 1. The summed E-state index contributed by atoms with van der Waals surface area (Å²) in [6.45, 7) is 6.40. The van der Waals surface area contributed by atoms with E-state index in [2.05, 4.69) is 31.9 Å². The van der Waals surface area contributed by atoms with Crippen LogP contribution >= 0.6 is 15.9 Å². The van der Waals surface area contributed by atoms with Crippen molar-refractivity contribution in [3.8, 4) is 0 Å². The van der Waals surface area contributed by atoms with E-state index in [1.54, 1.807) is 0 Å². The summed E-state index contributed by atoms with van der Waals surface area (Å²) in [5.74, 6) is -0.189. The van der Waals surface area contributed by atoms with Gasteiger partial charge in [0.25, 0.3) is 0 Å². The molecule has 5 nitrogen and oxygen atoms in total. The van der Waals surface area contributed by atoms with E-state index in [0.717, 1.165) is 27.7 Å². The van der Waals surface area contributed by atoms with Gasteiger partial charge in [-0.3, -0.25) is 4.79 Å². The lowest BCUT2D eigenvalue weighted by molar-refractivity contribution is -0.120. The monoisotopic (exact) mass is 341 g/mol. The number of hydrogen-bond acceptors (Lipinski definition) is 2. The highest BCUT2D eigenvalue weighted by molar-refractivity contribution is 9.10. The van der Waals surface area contributed by atoms with Gasteiger partial charge in [0, 0.05) is 16.7 Å². The Morgan fingerprint density at radius 2 is 1.75 bits per heavy atom. The maximum atomic E-state index is 11.8. The van der Waals surface area contributed by atoms with E-state index in [9.17, 15) is 9.59 Å². The van der Waals surface area contributed by atoms with Gasteiger partial charge in [0.2, 0.25) is 5.91 Å². The molecule has 0 fully saturated rings. The number of aryl methyl sites for hydroxylation is 2. The van der Waals surface area contributed by atoms with Crippen LogP contribution in [0.25, 0.3) is 0 Å². The average Bonchev–Trinajstić information content (AvgIpc) is 2.38. The first-order valence-electron chi connectivity index (χ1n) is 6.52. The molecule has 1 aromatic carbocycles. The molecule has 3 N–H and O–H groups in total. The molecule has 0 saturated heterocycles. The lowest BCUT2D eigenvalue weighted by atomic mass is 10.1. The second-order valence-electron chi connectivity index (χ2n) is 4.57. The number of anilines is 1. The van der Waals surface area contributed by atoms with Crippen LogP contribution in [0.3, 0.4) is 0 Å². The largest absolute Gasteiger partial charge is 0.355 e. The minimum Gasteiger partial charge on any atom is -0.355 e. The quantitative estimate of drug-likeness (QED) is 0.770. The summed E-state index contributed by atoms with van der Waals surface area (Å²) < 4.78 is 0.970. The Morgan fingerprint density at radius 1 is 1.15 bits per heavy atom. The third-order valence-electron chi connectivity index (χ3n) is 2.72. The van der Waals surface area contributed by atoms with Gasteiger partial charge in [-0.25, -0.2) is 4.79 Å². The number of benzene rings is 1. The zero-order valence-electron chi connectivity index (χ0n) is 12.0. The number of nitrogens with one attached hydrogen (secondary N) is 3.